The number of aromatic amines is 1. The number of esters is 1. The average Bonchev–Trinajstić information content (AvgIpc) is 3.35. The molecule has 0 unspecified atom stereocenters. The minimum atomic E-state index is -0.164. The number of anilines is 1. The van der Waals surface area contributed by atoms with Crippen LogP contribution in [0.2, 0.25) is 0 Å². The highest BCUT2D eigenvalue weighted by molar-refractivity contribution is 8.14. The molecular formula is C20H25N3O2S. The molecule has 0 amide bonds. The van der Waals surface area contributed by atoms with Crippen molar-refractivity contribution < 1.29 is 9.53 Å². The van der Waals surface area contributed by atoms with E-state index < -0.39 is 0 Å². The number of H-pyrrole nitrogens is 1. The molecule has 0 saturated heterocycles. The quantitative estimate of drug-likeness (QED) is 0.742. The summed E-state index contributed by atoms with van der Waals surface area (Å²) in [7, 11) is 0. The normalized spacial score (nSPS) is 20.5. The maximum absolute atomic E-state index is 11.7. The van der Waals surface area contributed by atoms with Crippen LogP contribution in [0.4, 0.5) is 5.69 Å². The number of aliphatic imine (C=N–C) groups is 1. The van der Waals surface area contributed by atoms with Gasteiger partial charge in [-0.2, -0.15) is 0 Å². The fourth-order valence-electron chi connectivity index (χ4n) is 3.76. The van der Waals surface area contributed by atoms with Crippen LogP contribution in [0.3, 0.4) is 0 Å². The van der Waals surface area contributed by atoms with Crippen LogP contribution in [0.1, 0.15) is 44.7 Å². The van der Waals surface area contributed by atoms with E-state index in [4.69, 9.17) is 9.73 Å². The van der Waals surface area contributed by atoms with Gasteiger partial charge in [-0.15, -0.1) is 11.8 Å². The Morgan fingerprint density at radius 3 is 3.04 bits per heavy atom. The highest BCUT2D eigenvalue weighted by atomic mass is 32.2. The van der Waals surface area contributed by atoms with Gasteiger partial charge in [0.2, 0.25) is 0 Å². The van der Waals surface area contributed by atoms with E-state index in [1.807, 2.05) is 6.92 Å². The minimum Gasteiger partial charge on any atom is -0.466 e. The third-order valence-corrected chi connectivity index (χ3v) is 6.17. The number of hydrogen-bond donors (Lipinski definition) is 2. The van der Waals surface area contributed by atoms with Crippen molar-refractivity contribution in [2.75, 3.05) is 17.7 Å². The van der Waals surface area contributed by atoms with Crippen molar-refractivity contribution in [3.05, 3.63) is 30.0 Å². The number of carbonyl (C=O) groups is 1. The molecule has 6 heteroatoms. The first kappa shape index (κ1) is 17.5. The molecule has 0 bridgehead atoms. The summed E-state index contributed by atoms with van der Waals surface area (Å²) >= 11 is 1.71. The standard InChI is InChI=1S/C20H25N3O2S/c1-2-25-18(24)11-15-12-26-20(22-15)17-10-13-6-5-9-16(19(13)23-17)21-14-7-3-4-8-14/h5-6,9-10,14-15,21,23H,2-4,7-8,11-12H2,1H3/t15-/m1/s1. The van der Waals surface area contributed by atoms with Crippen LogP contribution in [0.25, 0.3) is 10.9 Å². The highest BCUT2D eigenvalue weighted by Gasteiger charge is 2.24. The van der Waals surface area contributed by atoms with Gasteiger partial charge in [-0.05, 0) is 31.9 Å². The van der Waals surface area contributed by atoms with E-state index in [1.54, 1.807) is 11.8 Å². The van der Waals surface area contributed by atoms with Crippen LogP contribution in [-0.2, 0) is 9.53 Å². The van der Waals surface area contributed by atoms with Gasteiger partial charge in [0, 0.05) is 17.2 Å². The maximum atomic E-state index is 11.7. The summed E-state index contributed by atoms with van der Waals surface area (Å²) in [5.41, 5.74) is 3.36. The number of benzene rings is 1. The van der Waals surface area contributed by atoms with Crippen molar-refractivity contribution in [3.8, 4) is 0 Å². The Kier molecular flexibility index (Phi) is 5.20. The van der Waals surface area contributed by atoms with Crippen molar-refractivity contribution >= 4 is 39.4 Å². The van der Waals surface area contributed by atoms with Crippen LogP contribution in [-0.4, -0.2) is 40.4 Å². The molecule has 5 nitrogen and oxygen atoms in total. The first-order chi connectivity index (χ1) is 12.7. The maximum Gasteiger partial charge on any atom is 0.307 e. The topological polar surface area (TPSA) is 66.5 Å². The lowest BCUT2D eigenvalue weighted by molar-refractivity contribution is -0.143. The molecule has 1 aliphatic heterocycles. The number of thioether (sulfide) groups is 1. The lowest BCUT2D eigenvalue weighted by Crippen LogP contribution is -2.14. The zero-order valence-electron chi connectivity index (χ0n) is 15.1. The fraction of sp³-hybridized carbons (Fsp3) is 0.500. The lowest BCUT2D eigenvalue weighted by Gasteiger charge is -2.14. The van der Waals surface area contributed by atoms with Crippen LogP contribution < -0.4 is 5.32 Å². The molecule has 1 atom stereocenters. The van der Waals surface area contributed by atoms with Gasteiger partial charge in [0.25, 0.3) is 0 Å². The summed E-state index contributed by atoms with van der Waals surface area (Å²) in [4.78, 5) is 20.0. The molecule has 1 aliphatic carbocycles. The second-order valence-electron chi connectivity index (χ2n) is 6.99. The number of hydrogen-bond acceptors (Lipinski definition) is 5. The molecule has 2 heterocycles. The Hall–Kier alpha value is -1.95. The number of fused-ring (bicyclic) bond motifs is 1. The molecule has 4 rings (SSSR count). The number of nitrogens with zero attached hydrogens (tertiary/aromatic N) is 1. The SMILES string of the molecule is CCOC(=O)C[C@@H]1CSC(c2cc3cccc(NC4CCCC4)c3[nH]2)=N1. The smallest absolute Gasteiger partial charge is 0.307 e. The van der Waals surface area contributed by atoms with Crippen molar-refractivity contribution in [2.45, 2.75) is 51.1 Å². The third kappa shape index (κ3) is 3.75. The summed E-state index contributed by atoms with van der Waals surface area (Å²) in [5, 5.41) is 5.88. The van der Waals surface area contributed by atoms with Crippen LogP contribution in [0.15, 0.2) is 29.3 Å². The van der Waals surface area contributed by atoms with E-state index in [-0.39, 0.29) is 12.0 Å². The third-order valence-electron chi connectivity index (χ3n) is 5.02. The monoisotopic (exact) mass is 371 g/mol. The summed E-state index contributed by atoms with van der Waals surface area (Å²) in [6.07, 6.45) is 5.50. The summed E-state index contributed by atoms with van der Waals surface area (Å²) in [6, 6.07) is 9.13. The first-order valence-electron chi connectivity index (χ1n) is 9.48. The Morgan fingerprint density at radius 1 is 1.38 bits per heavy atom. The molecule has 1 saturated carbocycles. The molecule has 1 fully saturated rings. The first-order valence-corrected chi connectivity index (χ1v) is 10.5. The van der Waals surface area contributed by atoms with Crippen molar-refractivity contribution in [3.63, 3.8) is 0 Å². The van der Waals surface area contributed by atoms with Crippen LogP contribution >= 0.6 is 11.8 Å². The van der Waals surface area contributed by atoms with E-state index in [0.29, 0.717) is 19.1 Å². The molecule has 26 heavy (non-hydrogen) atoms. The Labute approximate surface area is 158 Å². The van der Waals surface area contributed by atoms with Gasteiger partial charge >= 0.3 is 5.97 Å². The Morgan fingerprint density at radius 2 is 2.23 bits per heavy atom. The number of aromatic nitrogens is 1. The molecule has 1 aromatic heterocycles. The Bertz CT molecular complexity index is 824. The number of carbonyl (C=O) groups excluding carboxylic acids is 1. The van der Waals surface area contributed by atoms with Crippen molar-refractivity contribution in [1.29, 1.82) is 0 Å². The minimum absolute atomic E-state index is 0.0107. The molecule has 2 aromatic rings. The van der Waals surface area contributed by atoms with Crippen molar-refractivity contribution in [1.82, 2.24) is 4.98 Å². The van der Waals surface area contributed by atoms with Gasteiger partial charge in [0.1, 0.15) is 5.04 Å². The number of rotatable bonds is 6. The summed E-state index contributed by atoms with van der Waals surface area (Å²) in [5.74, 6) is 0.666. The molecule has 0 spiro atoms. The van der Waals surface area contributed by atoms with E-state index in [9.17, 15) is 4.79 Å². The predicted octanol–water partition coefficient (Wildman–Crippen LogP) is 4.34. The van der Waals surface area contributed by atoms with E-state index in [0.717, 1.165) is 22.0 Å². The number of ether oxygens (including phenoxy) is 1. The van der Waals surface area contributed by atoms with Gasteiger partial charge in [0.05, 0.1) is 36.0 Å². The zero-order chi connectivity index (χ0) is 17.9. The molecule has 138 valence electrons. The second-order valence-corrected chi connectivity index (χ2v) is 8.00. The molecule has 1 aromatic carbocycles. The fourth-order valence-corrected chi connectivity index (χ4v) is 4.79. The van der Waals surface area contributed by atoms with E-state index in [1.165, 1.54) is 36.8 Å². The van der Waals surface area contributed by atoms with Crippen molar-refractivity contribution in [2.24, 2.45) is 4.99 Å². The van der Waals surface area contributed by atoms with Gasteiger partial charge in [-0.25, -0.2) is 0 Å². The van der Waals surface area contributed by atoms with Gasteiger partial charge in [-0.1, -0.05) is 25.0 Å². The second kappa shape index (κ2) is 7.74. The Balaban J connectivity index is 1.53. The highest BCUT2D eigenvalue weighted by Crippen LogP contribution is 2.31. The molecule has 0 radical (unpaired) electrons. The van der Waals surface area contributed by atoms with Gasteiger partial charge in [-0.3, -0.25) is 9.79 Å². The van der Waals surface area contributed by atoms with E-state index in [2.05, 4.69) is 34.6 Å². The molecule has 2 aliphatic rings. The van der Waals surface area contributed by atoms with Crippen LogP contribution in [0, 0.1) is 0 Å². The summed E-state index contributed by atoms with van der Waals surface area (Å²) < 4.78 is 5.04. The van der Waals surface area contributed by atoms with Gasteiger partial charge < -0.3 is 15.0 Å². The summed E-state index contributed by atoms with van der Waals surface area (Å²) in [6.45, 7) is 2.26. The zero-order valence-corrected chi connectivity index (χ0v) is 15.9. The number of para-hydroxylation sites is 1. The van der Waals surface area contributed by atoms with Gasteiger partial charge in [0.15, 0.2) is 0 Å². The average molecular weight is 372 g/mol. The largest absolute Gasteiger partial charge is 0.466 e. The molecule has 2 N–H and O–H groups in total. The number of nitrogens with one attached hydrogen (secondary N) is 2. The van der Waals surface area contributed by atoms with Crippen LogP contribution in [0.5, 0.6) is 0 Å². The van der Waals surface area contributed by atoms with E-state index >= 15 is 0 Å². The molecular weight excluding hydrogens is 346 g/mol. The predicted molar refractivity (Wildman–Crippen MR) is 108 cm³/mol. The lowest BCUT2D eigenvalue weighted by atomic mass is 10.2.